The summed E-state index contributed by atoms with van der Waals surface area (Å²) in [5, 5.41) is 0.534. The van der Waals surface area contributed by atoms with Crippen LogP contribution in [-0.4, -0.2) is 5.91 Å². The molecule has 0 unspecified atom stereocenters. The van der Waals surface area contributed by atoms with Crippen LogP contribution in [0.2, 0.25) is 5.02 Å². The summed E-state index contributed by atoms with van der Waals surface area (Å²) in [7, 11) is 0. The fourth-order valence-corrected chi connectivity index (χ4v) is 1.82. The predicted octanol–water partition coefficient (Wildman–Crippen LogP) is 2.42. The lowest BCUT2D eigenvalue weighted by Crippen LogP contribution is -2.29. The van der Waals surface area contributed by atoms with E-state index in [4.69, 9.17) is 26.6 Å². The molecule has 6 heteroatoms. The monoisotopic (exact) mass is 280 g/mol. The van der Waals surface area contributed by atoms with Crippen molar-refractivity contribution in [2.24, 2.45) is 5.84 Å². The minimum Gasteiger partial charge on any atom is -0.484 e. The summed E-state index contributed by atoms with van der Waals surface area (Å²) >= 11 is 6.04. The van der Waals surface area contributed by atoms with Crippen LogP contribution >= 0.6 is 11.6 Å². The highest BCUT2D eigenvalue weighted by Gasteiger charge is 2.10. The molecule has 1 amide bonds. The number of benzene rings is 1. The Balaban J connectivity index is 2.02. The van der Waals surface area contributed by atoms with E-state index in [1.165, 1.54) is 6.26 Å². The normalized spacial score (nSPS) is 10.3. The molecule has 2 rings (SSSR count). The van der Waals surface area contributed by atoms with Crippen molar-refractivity contribution in [3.8, 4) is 5.75 Å². The Bertz CT molecular complexity index is 595. The average Bonchev–Trinajstić information content (AvgIpc) is 2.85. The predicted molar refractivity (Wildman–Crippen MR) is 70.9 cm³/mol. The van der Waals surface area contributed by atoms with Gasteiger partial charge in [-0.25, -0.2) is 5.84 Å². The molecule has 0 aliphatic heterocycles. The van der Waals surface area contributed by atoms with Crippen LogP contribution in [0, 0.1) is 6.92 Å². The summed E-state index contributed by atoms with van der Waals surface area (Å²) in [6.45, 7) is 2.13. The molecule has 19 heavy (non-hydrogen) atoms. The van der Waals surface area contributed by atoms with E-state index in [0.29, 0.717) is 22.1 Å². The molecule has 100 valence electrons. The van der Waals surface area contributed by atoms with Crippen molar-refractivity contribution in [1.29, 1.82) is 0 Å². The lowest BCUT2D eigenvalue weighted by molar-refractivity contribution is 0.0953. The zero-order valence-electron chi connectivity index (χ0n) is 10.3. The van der Waals surface area contributed by atoms with Gasteiger partial charge in [0.05, 0.1) is 10.6 Å². The first-order chi connectivity index (χ1) is 9.10. The lowest BCUT2D eigenvalue weighted by Gasteiger charge is -2.06. The summed E-state index contributed by atoms with van der Waals surface area (Å²) in [4.78, 5) is 11.2. The third kappa shape index (κ3) is 3.27. The maximum Gasteiger partial charge on any atom is 0.268 e. The van der Waals surface area contributed by atoms with Crippen LogP contribution < -0.4 is 16.0 Å². The highest BCUT2D eigenvalue weighted by Crippen LogP contribution is 2.26. The van der Waals surface area contributed by atoms with Crippen LogP contribution in [-0.2, 0) is 6.61 Å². The Hall–Kier alpha value is -1.98. The molecule has 5 nitrogen and oxygen atoms in total. The Morgan fingerprint density at radius 2 is 2.26 bits per heavy atom. The quantitative estimate of drug-likeness (QED) is 0.512. The molecule has 1 aromatic heterocycles. The Labute approximate surface area is 115 Å². The van der Waals surface area contributed by atoms with Crippen LogP contribution in [0.25, 0.3) is 0 Å². The lowest BCUT2D eigenvalue weighted by atomic mass is 10.2. The van der Waals surface area contributed by atoms with Gasteiger partial charge < -0.3 is 9.15 Å². The van der Waals surface area contributed by atoms with Gasteiger partial charge in [-0.2, -0.15) is 0 Å². The summed E-state index contributed by atoms with van der Waals surface area (Å²) in [5.74, 6) is 5.68. The van der Waals surface area contributed by atoms with Crippen molar-refractivity contribution in [2.75, 3.05) is 0 Å². The van der Waals surface area contributed by atoms with E-state index < -0.39 is 5.91 Å². The van der Waals surface area contributed by atoms with E-state index in [0.717, 1.165) is 5.56 Å². The van der Waals surface area contributed by atoms with Crippen LogP contribution in [0.5, 0.6) is 5.75 Å². The topological polar surface area (TPSA) is 77.5 Å². The van der Waals surface area contributed by atoms with Crippen molar-refractivity contribution in [3.63, 3.8) is 0 Å². The molecule has 0 aliphatic rings. The molecule has 0 spiro atoms. The van der Waals surface area contributed by atoms with Gasteiger partial charge in [0.25, 0.3) is 5.91 Å². The molecule has 0 atom stereocenters. The summed E-state index contributed by atoms with van der Waals surface area (Å²) in [5.41, 5.74) is 3.42. The molecule has 2 aromatic rings. The first kappa shape index (κ1) is 13.5. The number of nitrogens with two attached hydrogens (primary N) is 1. The molecule has 1 heterocycles. The second-order valence-corrected chi connectivity index (χ2v) is 4.40. The van der Waals surface area contributed by atoms with Gasteiger partial charge in [-0.15, -0.1) is 0 Å². The maximum atomic E-state index is 11.2. The van der Waals surface area contributed by atoms with Crippen molar-refractivity contribution in [2.45, 2.75) is 13.5 Å². The van der Waals surface area contributed by atoms with E-state index in [1.54, 1.807) is 12.1 Å². The van der Waals surface area contributed by atoms with E-state index in [1.807, 2.05) is 24.5 Å². The number of hydrogen-bond donors (Lipinski definition) is 2. The van der Waals surface area contributed by atoms with Gasteiger partial charge in [0.1, 0.15) is 24.4 Å². The number of carbonyl (C=O) groups is 1. The van der Waals surface area contributed by atoms with Crippen LogP contribution in [0.3, 0.4) is 0 Å². The number of hydrogen-bond acceptors (Lipinski definition) is 4. The largest absolute Gasteiger partial charge is 0.484 e. The first-order valence-corrected chi connectivity index (χ1v) is 5.95. The standard InChI is InChI=1S/C13H13ClN2O3/c1-8-2-3-12(11(14)4-8)19-7-10-5-9(6-18-10)13(17)16-15/h2-6H,7,15H2,1H3,(H,16,17). The van der Waals surface area contributed by atoms with Gasteiger partial charge in [-0.3, -0.25) is 10.2 Å². The van der Waals surface area contributed by atoms with E-state index in [-0.39, 0.29) is 6.61 Å². The zero-order chi connectivity index (χ0) is 13.8. The molecule has 1 aromatic carbocycles. The number of hydrazine groups is 1. The second kappa shape index (κ2) is 5.77. The number of nitrogen functional groups attached to an aromatic ring is 1. The molecule has 0 aliphatic carbocycles. The summed E-state index contributed by atoms with van der Waals surface area (Å²) < 4.78 is 10.7. The molecule has 0 radical (unpaired) electrons. The van der Waals surface area contributed by atoms with Crippen molar-refractivity contribution >= 4 is 17.5 Å². The zero-order valence-corrected chi connectivity index (χ0v) is 11.0. The molecule has 0 fully saturated rings. The molecule has 0 bridgehead atoms. The third-order valence-electron chi connectivity index (χ3n) is 2.50. The SMILES string of the molecule is Cc1ccc(OCc2cc(C(=O)NN)co2)c(Cl)c1. The Morgan fingerprint density at radius 3 is 2.95 bits per heavy atom. The first-order valence-electron chi connectivity index (χ1n) is 5.57. The van der Waals surface area contributed by atoms with Gasteiger partial charge in [0.15, 0.2) is 0 Å². The van der Waals surface area contributed by atoms with Crippen LogP contribution in [0.15, 0.2) is 34.9 Å². The van der Waals surface area contributed by atoms with E-state index >= 15 is 0 Å². The van der Waals surface area contributed by atoms with Crippen LogP contribution in [0.1, 0.15) is 21.7 Å². The van der Waals surface area contributed by atoms with Crippen molar-refractivity contribution in [1.82, 2.24) is 5.43 Å². The molecular formula is C13H13ClN2O3. The summed E-state index contributed by atoms with van der Waals surface area (Å²) in [6, 6.07) is 7.06. The highest BCUT2D eigenvalue weighted by atomic mass is 35.5. The van der Waals surface area contributed by atoms with Gasteiger partial charge in [0, 0.05) is 0 Å². The number of ether oxygens (including phenoxy) is 1. The molecule has 0 saturated heterocycles. The maximum absolute atomic E-state index is 11.2. The minimum absolute atomic E-state index is 0.181. The van der Waals surface area contributed by atoms with Gasteiger partial charge in [0.2, 0.25) is 0 Å². The third-order valence-corrected chi connectivity index (χ3v) is 2.80. The van der Waals surface area contributed by atoms with E-state index in [2.05, 4.69) is 0 Å². The number of halogens is 1. The highest BCUT2D eigenvalue weighted by molar-refractivity contribution is 6.32. The van der Waals surface area contributed by atoms with Gasteiger partial charge >= 0.3 is 0 Å². The smallest absolute Gasteiger partial charge is 0.268 e. The molecule has 0 saturated carbocycles. The van der Waals surface area contributed by atoms with Gasteiger partial charge in [-0.05, 0) is 30.7 Å². The minimum atomic E-state index is -0.414. The number of nitrogens with one attached hydrogen (secondary N) is 1. The van der Waals surface area contributed by atoms with E-state index in [9.17, 15) is 4.79 Å². The second-order valence-electron chi connectivity index (χ2n) is 4.00. The fraction of sp³-hybridized carbons (Fsp3) is 0.154. The Kier molecular flexibility index (Phi) is 4.09. The Morgan fingerprint density at radius 1 is 1.47 bits per heavy atom. The number of carbonyl (C=O) groups excluding carboxylic acids is 1. The number of aryl methyl sites for hydroxylation is 1. The fourth-order valence-electron chi connectivity index (χ4n) is 1.53. The van der Waals surface area contributed by atoms with Crippen molar-refractivity contribution in [3.05, 3.63) is 52.4 Å². The van der Waals surface area contributed by atoms with Gasteiger partial charge in [-0.1, -0.05) is 17.7 Å². The van der Waals surface area contributed by atoms with Crippen LogP contribution in [0.4, 0.5) is 0 Å². The number of amides is 1. The summed E-state index contributed by atoms with van der Waals surface area (Å²) in [6.07, 6.45) is 1.32. The number of rotatable bonds is 4. The average molecular weight is 281 g/mol. The molecule has 3 N–H and O–H groups in total. The van der Waals surface area contributed by atoms with Crippen molar-refractivity contribution < 1.29 is 13.9 Å². The number of furan rings is 1. The molecular weight excluding hydrogens is 268 g/mol.